The molecule has 2 N–H and O–H groups in total. The van der Waals surface area contributed by atoms with Crippen LogP contribution in [0.1, 0.15) is 12.8 Å². The Morgan fingerprint density at radius 2 is 1.69 bits per heavy atom. The Morgan fingerprint density at radius 1 is 1.04 bits per heavy atom. The van der Waals surface area contributed by atoms with Gasteiger partial charge >= 0.3 is 6.03 Å². The number of hydrogen-bond acceptors (Lipinski definition) is 3. The summed E-state index contributed by atoms with van der Waals surface area (Å²) < 4.78 is 0. The fraction of sp³-hybridized carbons (Fsp3) is 0.300. The van der Waals surface area contributed by atoms with Gasteiger partial charge in [-0.15, -0.1) is 0 Å². The number of piperidine rings is 1. The zero-order valence-corrected chi connectivity index (χ0v) is 14.9. The molecule has 1 fully saturated rings. The molecule has 3 amide bonds. The highest BCUT2D eigenvalue weighted by Crippen LogP contribution is 2.19. The average molecular weight is 352 g/mol. The highest BCUT2D eigenvalue weighted by molar-refractivity contribution is 5.90. The third-order valence-electron chi connectivity index (χ3n) is 4.53. The first-order valence-electron chi connectivity index (χ1n) is 8.84. The number of carbonyl (C=O) groups is 2. The minimum absolute atomic E-state index is 0.0615. The van der Waals surface area contributed by atoms with Crippen LogP contribution in [0.25, 0.3) is 0 Å². The smallest absolute Gasteiger partial charge is 0.321 e. The van der Waals surface area contributed by atoms with E-state index in [0.717, 1.165) is 24.2 Å². The molecule has 0 radical (unpaired) electrons. The summed E-state index contributed by atoms with van der Waals surface area (Å²) in [7, 11) is 1.82. The van der Waals surface area contributed by atoms with Gasteiger partial charge < -0.3 is 10.2 Å². The molecule has 0 unspecified atom stereocenters. The largest absolute Gasteiger partial charge is 0.324 e. The van der Waals surface area contributed by atoms with E-state index in [0.29, 0.717) is 13.1 Å². The number of benzene rings is 2. The standard InChI is InChI=1S/C20H24N4O2/c1-23(18-12-6-3-7-13-18)22-19(25)16-9-8-14-24(15-16)20(26)21-17-10-4-2-5-11-17/h2-7,10-13,16H,8-9,14-15H2,1H3,(H,21,26)(H,22,25)/t16-/m1/s1. The second kappa shape index (κ2) is 8.38. The van der Waals surface area contributed by atoms with Crippen molar-refractivity contribution < 1.29 is 9.59 Å². The highest BCUT2D eigenvalue weighted by atomic mass is 16.2. The van der Waals surface area contributed by atoms with Gasteiger partial charge in [-0.3, -0.25) is 15.2 Å². The molecule has 2 aromatic carbocycles. The molecule has 6 nitrogen and oxygen atoms in total. The SMILES string of the molecule is CN(NC(=O)[C@@H]1CCCN(C(=O)Nc2ccccc2)C1)c1ccccc1. The number of urea groups is 1. The molecule has 0 bridgehead atoms. The molecule has 2 aromatic rings. The van der Waals surface area contributed by atoms with Gasteiger partial charge in [0.15, 0.2) is 0 Å². The Balaban J connectivity index is 1.55. The Hall–Kier alpha value is -3.02. The number of nitrogens with zero attached hydrogens (tertiary/aromatic N) is 2. The first kappa shape index (κ1) is 17.8. The zero-order chi connectivity index (χ0) is 18.4. The van der Waals surface area contributed by atoms with E-state index in [-0.39, 0.29) is 17.9 Å². The average Bonchev–Trinajstić information content (AvgIpc) is 2.69. The number of para-hydroxylation sites is 2. The molecule has 3 rings (SSSR count). The van der Waals surface area contributed by atoms with Crippen LogP contribution in [-0.4, -0.2) is 37.0 Å². The van der Waals surface area contributed by atoms with Gasteiger partial charge in [0.1, 0.15) is 0 Å². The van der Waals surface area contributed by atoms with Crippen molar-refractivity contribution in [2.45, 2.75) is 12.8 Å². The van der Waals surface area contributed by atoms with Gasteiger partial charge in [-0.05, 0) is 37.1 Å². The molecule has 26 heavy (non-hydrogen) atoms. The van der Waals surface area contributed by atoms with E-state index < -0.39 is 0 Å². The van der Waals surface area contributed by atoms with Gasteiger partial charge in [0.05, 0.1) is 11.6 Å². The third-order valence-corrected chi connectivity index (χ3v) is 4.53. The van der Waals surface area contributed by atoms with E-state index in [9.17, 15) is 9.59 Å². The fourth-order valence-corrected chi connectivity index (χ4v) is 3.07. The minimum atomic E-state index is -0.212. The summed E-state index contributed by atoms with van der Waals surface area (Å²) >= 11 is 0. The summed E-state index contributed by atoms with van der Waals surface area (Å²) in [6.45, 7) is 1.09. The van der Waals surface area contributed by atoms with Gasteiger partial charge in [-0.1, -0.05) is 36.4 Å². The molecule has 0 aliphatic carbocycles. The zero-order valence-electron chi connectivity index (χ0n) is 14.9. The summed E-state index contributed by atoms with van der Waals surface area (Å²) in [4.78, 5) is 26.8. The number of rotatable bonds is 4. The van der Waals surface area contributed by atoms with Crippen molar-refractivity contribution in [2.24, 2.45) is 5.92 Å². The van der Waals surface area contributed by atoms with Crippen LogP contribution in [0.5, 0.6) is 0 Å². The highest BCUT2D eigenvalue weighted by Gasteiger charge is 2.29. The van der Waals surface area contributed by atoms with Crippen LogP contribution in [0, 0.1) is 5.92 Å². The lowest BCUT2D eigenvalue weighted by atomic mass is 9.97. The number of anilines is 2. The Morgan fingerprint density at radius 3 is 2.38 bits per heavy atom. The number of likely N-dealkylation sites (tertiary alicyclic amines) is 1. The van der Waals surface area contributed by atoms with Gasteiger partial charge in [0.25, 0.3) is 0 Å². The maximum atomic E-state index is 12.6. The monoisotopic (exact) mass is 352 g/mol. The molecule has 1 atom stereocenters. The van der Waals surface area contributed by atoms with Gasteiger partial charge in [0, 0.05) is 25.8 Å². The maximum absolute atomic E-state index is 12.6. The summed E-state index contributed by atoms with van der Waals surface area (Å²) in [6.07, 6.45) is 1.60. The van der Waals surface area contributed by atoms with Crippen LogP contribution in [0.3, 0.4) is 0 Å². The van der Waals surface area contributed by atoms with Crippen molar-refractivity contribution in [2.75, 3.05) is 30.5 Å². The van der Waals surface area contributed by atoms with E-state index in [1.165, 1.54) is 0 Å². The van der Waals surface area contributed by atoms with E-state index in [2.05, 4.69) is 10.7 Å². The Bertz CT molecular complexity index is 736. The Kier molecular flexibility index (Phi) is 5.73. The maximum Gasteiger partial charge on any atom is 0.321 e. The number of hydrogen-bond donors (Lipinski definition) is 2. The van der Waals surface area contributed by atoms with E-state index in [1.54, 1.807) is 9.91 Å². The second-order valence-corrected chi connectivity index (χ2v) is 6.45. The number of amides is 3. The van der Waals surface area contributed by atoms with Crippen molar-refractivity contribution in [3.8, 4) is 0 Å². The lowest BCUT2D eigenvalue weighted by Crippen LogP contribution is -2.50. The molecule has 0 spiro atoms. The molecule has 0 saturated carbocycles. The molecule has 1 saturated heterocycles. The van der Waals surface area contributed by atoms with Crippen molar-refractivity contribution >= 4 is 23.3 Å². The summed E-state index contributed by atoms with van der Waals surface area (Å²) in [5.74, 6) is -0.273. The lowest BCUT2D eigenvalue weighted by Gasteiger charge is -2.33. The van der Waals surface area contributed by atoms with Gasteiger partial charge in [-0.25, -0.2) is 4.79 Å². The normalized spacial score (nSPS) is 16.7. The van der Waals surface area contributed by atoms with E-state index in [4.69, 9.17) is 0 Å². The molecule has 6 heteroatoms. The van der Waals surface area contributed by atoms with Crippen LogP contribution < -0.4 is 15.8 Å². The van der Waals surface area contributed by atoms with Gasteiger partial charge in [-0.2, -0.15) is 0 Å². The van der Waals surface area contributed by atoms with Gasteiger partial charge in [0.2, 0.25) is 5.91 Å². The van der Waals surface area contributed by atoms with Crippen LogP contribution in [0.4, 0.5) is 16.2 Å². The number of carbonyl (C=O) groups excluding carboxylic acids is 2. The van der Waals surface area contributed by atoms with Crippen molar-refractivity contribution in [1.29, 1.82) is 0 Å². The van der Waals surface area contributed by atoms with Crippen LogP contribution in [-0.2, 0) is 4.79 Å². The molecular formula is C20H24N4O2. The Labute approximate surface area is 153 Å². The second-order valence-electron chi connectivity index (χ2n) is 6.45. The third kappa shape index (κ3) is 4.53. The molecule has 136 valence electrons. The molecule has 1 aliphatic heterocycles. The first-order chi connectivity index (χ1) is 12.6. The fourth-order valence-electron chi connectivity index (χ4n) is 3.07. The topological polar surface area (TPSA) is 64.7 Å². The van der Waals surface area contributed by atoms with Crippen molar-refractivity contribution in [3.05, 3.63) is 60.7 Å². The molecule has 1 aliphatic rings. The van der Waals surface area contributed by atoms with Crippen LogP contribution in [0.2, 0.25) is 0 Å². The predicted molar refractivity (Wildman–Crippen MR) is 103 cm³/mol. The van der Waals surface area contributed by atoms with E-state index in [1.807, 2.05) is 67.7 Å². The van der Waals surface area contributed by atoms with Crippen molar-refractivity contribution in [1.82, 2.24) is 10.3 Å². The van der Waals surface area contributed by atoms with Crippen LogP contribution in [0.15, 0.2) is 60.7 Å². The number of hydrazine groups is 1. The summed E-state index contributed by atoms with van der Waals surface area (Å²) in [5.41, 5.74) is 4.58. The van der Waals surface area contributed by atoms with Crippen LogP contribution >= 0.6 is 0 Å². The quantitative estimate of drug-likeness (QED) is 0.831. The first-order valence-corrected chi connectivity index (χ1v) is 8.84. The summed E-state index contributed by atoms with van der Waals surface area (Å²) in [5, 5.41) is 4.60. The predicted octanol–water partition coefficient (Wildman–Crippen LogP) is 3.10. The summed E-state index contributed by atoms with van der Waals surface area (Å²) in [6, 6.07) is 18.8. The molecule has 1 heterocycles. The lowest BCUT2D eigenvalue weighted by molar-refractivity contribution is -0.126. The molecular weight excluding hydrogens is 328 g/mol. The van der Waals surface area contributed by atoms with E-state index >= 15 is 0 Å². The van der Waals surface area contributed by atoms with Crippen molar-refractivity contribution in [3.63, 3.8) is 0 Å². The minimum Gasteiger partial charge on any atom is -0.324 e. The molecule has 0 aromatic heterocycles. The number of nitrogens with one attached hydrogen (secondary N) is 2.